The molecule has 0 radical (unpaired) electrons. The first kappa shape index (κ1) is 16.0. The van der Waals surface area contributed by atoms with Crippen LogP contribution in [0.15, 0.2) is 35.3 Å². The van der Waals surface area contributed by atoms with E-state index >= 15 is 0 Å². The van der Waals surface area contributed by atoms with Gasteiger partial charge in [0.25, 0.3) is 5.56 Å². The predicted octanol–water partition coefficient (Wildman–Crippen LogP) is 3.32. The quantitative estimate of drug-likeness (QED) is 0.863. The first-order chi connectivity index (χ1) is 11.0. The first-order valence-corrected chi connectivity index (χ1v) is 8.17. The number of anilines is 1. The van der Waals surface area contributed by atoms with Gasteiger partial charge in [0.2, 0.25) is 0 Å². The van der Waals surface area contributed by atoms with Crippen molar-refractivity contribution in [1.29, 1.82) is 0 Å². The normalized spacial score (nSPS) is 18.2. The number of hydrogen-bond donors (Lipinski definition) is 0. The smallest absolute Gasteiger partial charge is 0.287 e. The second kappa shape index (κ2) is 6.71. The Bertz CT molecular complexity index is 744. The van der Waals surface area contributed by atoms with Crippen molar-refractivity contribution in [2.75, 3.05) is 18.0 Å². The summed E-state index contributed by atoms with van der Waals surface area (Å²) in [4.78, 5) is 14.6. The fourth-order valence-electron chi connectivity index (χ4n) is 2.96. The lowest BCUT2D eigenvalue weighted by molar-refractivity contribution is 0.445. The standard InChI is InChI=1S/C17H19ClFN3O/c1-12-3-2-8-21(10-12)15-9-20-22(17(23)16(15)18)11-13-4-6-14(19)7-5-13/h4-7,9,12H,2-3,8,10-11H2,1H3. The van der Waals surface area contributed by atoms with Crippen LogP contribution < -0.4 is 10.5 Å². The summed E-state index contributed by atoms with van der Waals surface area (Å²) >= 11 is 6.30. The maximum atomic E-state index is 12.9. The molecule has 1 unspecified atom stereocenters. The third-order valence-corrected chi connectivity index (χ3v) is 4.57. The molecule has 1 aromatic heterocycles. The Hall–Kier alpha value is -1.88. The number of rotatable bonds is 3. The number of piperidine rings is 1. The highest BCUT2D eigenvalue weighted by atomic mass is 35.5. The van der Waals surface area contributed by atoms with E-state index in [2.05, 4.69) is 16.9 Å². The zero-order chi connectivity index (χ0) is 16.4. The fraction of sp³-hybridized carbons (Fsp3) is 0.412. The van der Waals surface area contributed by atoms with Crippen LogP contribution in [-0.2, 0) is 6.54 Å². The van der Waals surface area contributed by atoms with E-state index < -0.39 is 0 Å². The number of aromatic nitrogens is 2. The van der Waals surface area contributed by atoms with Crippen LogP contribution in [0.25, 0.3) is 0 Å². The maximum absolute atomic E-state index is 12.9. The zero-order valence-electron chi connectivity index (χ0n) is 13.0. The van der Waals surface area contributed by atoms with Crippen LogP contribution in [0.1, 0.15) is 25.3 Å². The van der Waals surface area contributed by atoms with E-state index in [-0.39, 0.29) is 22.9 Å². The number of halogens is 2. The van der Waals surface area contributed by atoms with E-state index in [1.807, 2.05) is 0 Å². The van der Waals surface area contributed by atoms with E-state index in [0.29, 0.717) is 11.6 Å². The molecule has 23 heavy (non-hydrogen) atoms. The Morgan fingerprint density at radius 2 is 2.09 bits per heavy atom. The minimum atomic E-state index is -0.313. The van der Waals surface area contributed by atoms with Crippen molar-refractivity contribution in [1.82, 2.24) is 9.78 Å². The van der Waals surface area contributed by atoms with Crippen LogP contribution in [0.3, 0.4) is 0 Å². The van der Waals surface area contributed by atoms with Gasteiger partial charge in [0.05, 0.1) is 18.4 Å². The van der Waals surface area contributed by atoms with Gasteiger partial charge < -0.3 is 4.90 Å². The molecule has 1 aliphatic rings. The SMILES string of the molecule is CC1CCCN(c2cnn(Cc3ccc(F)cc3)c(=O)c2Cl)C1. The molecule has 1 saturated heterocycles. The fourth-order valence-corrected chi connectivity index (χ4v) is 3.23. The summed E-state index contributed by atoms with van der Waals surface area (Å²) in [6.07, 6.45) is 3.95. The molecule has 0 spiro atoms. The van der Waals surface area contributed by atoms with Gasteiger partial charge in [-0.15, -0.1) is 0 Å². The van der Waals surface area contributed by atoms with Crippen LogP contribution in [0.2, 0.25) is 5.02 Å². The van der Waals surface area contributed by atoms with E-state index in [9.17, 15) is 9.18 Å². The zero-order valence-corrected chi connectivity index (χ0v) is 13.8. The van der Waals surface area contributed by atoms with Gasteiger partial charge in [0.15, 0.2) is 0 Å². The van der Waals surface area contributed by atoms with E-state index in [1.165, 1.54) is 23.2 Å². The molecule has 1 atom stereocenters. The number of nitrogens with zero attached hydrogens (tertiary/aromatic N) is 3. The summed E-state index contributed by atoms with van der Waals surface area (Å²) in [6.45, 7) is 4.26. The highest BCUT2D eigenvalue weighted by Crippen LogP contribution is 2.26. The molecule has 0 N–H and O–H groups in total. The van der Waals surface area contributed by atoms with E-state index in [0.717, 1.165) is 25.1 Å². The molecule has 3 rings (SSSR count). The molecule has 122 valence electrons. The molecule has 2 heterocycles. The minimum absolute atomic E-state index is 0.205. The summed E-state index contributed by atoms with van der Waals surface area (Å²) in [6, 6.07) is 6.01. The number of benzene rings is 1. The molecular formula is C17H19ClFN3O. The Morgan fingerprint density at radius 3 is 2.78 bits per heavy atom. The highest BCUT2D eigenvalue weighted by Gasteiger charge is 2.21. The van der Waals surface area contributed by atoms with Gasteiger partial charge in [-0.25, -0.2) is 9.07 Å². The Kier molecular flexibility index (Phi) is 4.66. The lowest BCUT2D eigenvalue weighted by Crippen LogP contribution is -2.36. The Labute approximate surface area is 139 Å². The summed E-state index contributed by atoms with van der Waals surface area (Å²) < 4.78 is 14.3. The van der Waals surface area contributed by atoms with Crippen molar-refractivity contribution in [3.8, 4) is 0 Å². The second-order valence-electron chi connectivity index (χ2n) is 6.13. The molecule has 0 bridgehead atoms. The van der Waals surface area contributed by atoms with Gasteiger partial charge in [-0.3, -0.25) is 4.79 Å². The third kappa shape index (κ3) is 3.55. The molecule has 6 heteroatoms. The van der Waals surface area contributed by atoms with Crippen molar-refractivity contribution < 1.29 is 4.39 Å². The monoisotopic (exact) mass is 335 g/mol. The molecule has 1 fully saturated rings. The summed E-state index contributed by atoms with van der Waals surface area (Å²) in [5, 5.41) is 4.45. The average Bonchev–Trinajstić information content (AvgIpc) is 2.54. The molecule has 0 saturated carbocycles. The molecule has 2 aromatic rings. The van der Waals surface area contributed by atoms with Crippen molar-refractivity contribution in [3.05, 3.63) is 57.2 Å². The minimum Gasteiger partial charge on any atom is -0.369 e. The van der Waals surface area contributed by atoms with Crippen LogP contribution in [0.4, 0.5) is 10.1 Å². The third-order valence-electron chi connectivity index (χ3n) is 4.21. The topological polar surface area (TPSA) is 38.1 Å². The molecule has 0 aliphatic carbocycles. The van der Waals surface area contributed by atoms with Crippen LogP contribution >= 0.6 is 11.6 Å². The van der Waals surface area contributed by atoms with E-state index in [1.54, 1.807) is 18.3 Å². The van der Waals surface area contributed by atoms with Crippen LogP contribution in [0, 0.1) is 11.7 Å². The molecule has 4 nitrogen and oxygen atoms in total. The predicted molar refractivity (Wildman–Crippen MR) is 89.6 cm³/mol. The van der Waals surface area contributed by atoms with Crippen molar-refractivity contribution in [2.45, 2.75) is 26.3 Å². The van der Waals surface area contributed by atoms with Crippen molar-refractivity contribution in [2.24, 2.45) is 5.92 Å². The van der Waals surface area contributed by atoms with E-state index in [4.69, 9.17) is 11.6 Å². The summed E-state index contributed by atoms with van der Waals surface area (Å²) in [5.41, 5.74) is 1.20. The molecule has 1 aromatic carbocycles. The van der Waals surface area contributed by atoms with Crippen LogP contribution in [-0.4, -0.2) is 22.9 Å². The summed E-state index contributed by atoms with van der Waals surface area (Å²) in [5.74, 6) is 0.281. The maximum Gasteiger partial charge on any atom is 0.287 e. The van der Waals surface area contributed by atoms with Gasteiger partial charge in [-0.1, -0.05) is 30.7 Å². The highest BCUT2D eigenvalue weighted by molar-refractivity contribution is 6.33. The first-order valence-electron chi connectivity index (χ1n) is 7.79. The molecular weight excluding hydrogens is 317 g/mol. The number of hydrogen-bond acceptors (Lipinski definition) is 3. The largest absolute Gasteiger partial charge is 0.369 e. The van der Waals surface area contributed by atoms with Crippen LogP contribution in [0.5, 0.6) is 0 Å². The lowest BCUT2D eigenvalue weighted by atomic mass is 10.00. The van der Waals surface area contributed by atoms with Crippen molar-refractivity contribution >= 4 is 17.3 Å². The van der Waals surface area contributed by atoms with Gasteiger partial charge in [0, 0.05) is 13.1 Å². The van der Waals surface area contributed by atoms with Gasteiger partial charge in [-0.05, 0) is 36.5 Å². The van der Waals surface area contributed by atoms with Gasteiger partial charge in [-0.2, -0.15) is 5.10 Å². The lowest BCUT2D eigenvalue weighted by Gasteiger charge is -2.32. The Morgan fingerprint density at radius 1 is 1.35 bits per heavy atom. The van der Waals surface area contributed by atoms with Crippen molar-refractivity contribution in [3.63, 3.8) is 0 Å². The average molecular weight is 336 g/mol. The Balaban J connectivity index is 1.85. The molecule has 1 aliphatic heterocycles. The van der Waals surface area contributed by atoms with Gasteiger partial charge >= 0.3 is 0 Å². The van der Waals surface area contributed by atoms with Gasteiger partial charge in [0.1, 0.15) is 10.8 Å². The molecule has 0 amide bonds. The second-order valence-corrected chi connectivity index (χ2v) is 6.50. The summed E-state index contributed by atoms with van der Waals surface area (Å²) in [7, 11) is 0.